The minimum absolute atomic E-state index is 0.154. The van der Waals surface area contributed by atoms with Crippen molar-refractivity contribution in [3.05, 3.63) is 69.2 Å². The van der Waals surface area contributed by atoms with Crippen LogP contribution < -0.4 is 0 Å². The van der Waals surface area contributed by atoms with Crippen LogP contribution in [-0.4, -0.2) is 5.78 Å². The van der Waals surface area contributed by atoms with E-state index in [4.69, 9.17) is 0 Å². The predicted molar refractivity (Wildman–Crippen MR) is 73.3 cm³/mol. The Bertz CT molecular complexity index is 638. The monoisotopic (exact) mass is 324 g/mol. The van der Waals surface area contributed by atoms with Crippen molar-refractivity contribution < 1.29 is 13.6 Å². The maximum atomic E-state index is 13.8. The summed E-state index contributed by atoms with van der Waals surface area (Å²) in [7, 11) is 0. The fourth-order valence-corrected chi connectivity index (χ4v) is 2.24. The summed E-state index contributed by atoms with van der Waals surface area (Å²) in [6.07, 6.45) is -0.290. The highest BCUT2D eigenvalue weighted by Gasteiger charge is 2.17. The molecule has 4 heteroatoms. The molecule has 0 N–H and O–H groups in total. The molecule has 0 saturated carbocycles. The molecule has 0 spiro atoms. The summed E-state index contributed by atoms with van der Waals surface area (Å²) in [6, 6.07) is 9.42. The molecule has 0 aromatic heterocycles. The minimum atomic E-state index is -0.720. The van der Waals surface area contributed by atoms with E-state index in [0.717, 1.165) is 11.6 Å². The molecule has 0 aliphatic heterocycles. The summed E-state index contributed by atoms with van der Waals surface area (Å²) in [5, 5.41) is 0. The maximum absolute atomic E-state index is 13.8. The van der Waals surface area contributed by atoms with Gasteiger partial charge in [0.05, 0.1) is 4.47 Å². The molecule has 0 bridgehead atoms. The van der Waals surface area contributed by atoms with Crippen LogP contribution in [0, 0.1) is 18.6 Å². The van der Waals surface area contributed by atoms with E-state index in [0.29, 0.717) is 5.56 Å². The molecule has 0 unspecified atom stereocenters. The number of halogens is 3. The van der Waals surface area contributed by atoms with Gasteiger partial charge in [0, 0.05) is 17.5 Å². The van der Waals surface area contributed by atoms with Gasteiger partial charge in [0.2, 0.25) is 0 Å². The van der Waals surface area contributed by atoms with Gasteiger partial charge < -0.3 is 0 Å². The van der Waals surface area contributed by atoms with Crippen LogP contribution in [0.2, 0.25) is 0 Å². The van der Waals surface area contributed by atoms with E-state index in [-0.39, 0.29) is 22.2 Å². The Labute approximate surface area is 118 Å². The molecule has 2 aromatic carbocycles. The van der Waals surface area contributed by atoms with Crippen molar-refractivity contribution in [3.8, 4) is 0 Å². The molecular formula is C15H11BrF2O. The molecule has 0 fully saturated rings. The van der Waals surface area contributed by atoms with Gasteiger partial charge in [-0.25, -0.2) is 8.78 Å². The molecule has 0 saturated heterocycles. The van der Waals surface area contributed by atoms with E-state index in [1.165, 1.54) is 6.07 Å². The first-order chi connectivity index (χ1) is 9.00. The van der Waals surface area contributed by atoms with Crippen molar-refractivity contribution in [2.24, 2.45) is 0 Å². The number of carbonyl (C=O) groups excluding carboxylic acids is 1. The van der Waals surface area contributed by atoms with Crippen LogP contribution in [0.1, 0.15) is 21.5 Å². The standard InChI is InChI=1S/C15H11BrF2O/c1-9-4-2-3-5-10(9)14(19)8-11-13(17)7-6-12(16)15(11)18/h2-7H,8H2,1H3. The SMILES string of the molecule is Cc1ccccc1C(=O)Cc1c(F)ccc(Br)c1F. The molecule has 0 aliphatic rings. The third-order valence-electron chi connectivity index (χ3n) is 2.92. The van der Waals surface area contributed by atoms with Crippen LogP contribution in [-0.2, 0) is 6.42 Å². The zero-order chi connectivity index (χ0) is 14.0. The maximum Gasteiger partial charge on any atom is 0.167 e. The Morgan fingerprint density at radius 1 is 1.16 bits per heavy atom. The highest BCUT2D eigenvalue weighted by atomic mass is 79.9. The lowest BCUT2D eigenvalue weighted by molar-refractivity contribution is 0.0990. The normalized spacial score (nSPS) is 10.5. The zero-order valence-corrected chi connectivity index (χ0v) is 11.8. The number of aryl methyl sites for hydroxylation is 1. The Hall–Kier alpha value is -1.55. The highest BCUT2D eigenvalue weighted by Crippen LogP contribution is 2.23. The second-order valence-corrected chi connectivity index (χ2v) is 5.09. The lowest BCUT2D eigenvalue weighted by atomic mass is 9.99. The highest BCUT2D eigenvalue weighted by molar-refractivity contribution is 9.10. The summed E-state index contributed by atoms with van der Waals surface area (Å²) in [4.78, 5) is 12.1. The number of benzene rings is 2. The Morgan fingerprint density at radius 3 is 2.53 bits per heavy atom. The molecular weight excluding hydrogens is 314 g/mol. The molecule has 0 amide bonds. The lowest BCUT2D eigenvalue weighted by Crippen LogP contribution is -2.09. The van der Waals surface area contributed by atoms with Gasteiger partial charge in [0.25, 0.3) is 0 Å². The number of ketones is 1. The van der Waals surface area contributed by atoms with Crippen molar-refractivity contribution in [3.63, 3.8) is 0 Å². The number of hydrogen-bond donors (Lipinski definition) is 0. The van der Waals surface area contributed by atoms with Gasteiger partial charge in [-0.15, -0.1) is 0 Å². The quantitative estimate of drug-likeness (QED) is 0.601. The van der Waals surface area contributed by atoms with Crippen molar-refractivity contribution in [2.45, 2.75) is 13.3 Å². The third kappa shape index (κ3) is 2.89. The Kier molecular flexibility index (Phi) is 4.10. The third-order valence-corrected chi connectivity index (χ3v) is 3.53. The molecule has 0 atom stereocenters. The van der Waals surface area contributed by atoms with E-state index in [2.05, 4.69) is 15.9 Å². The summed E-state index contributed by atoms with van der Waals surface area (Å²) in [6.45, 7) is 1.79. The fraction of sp³-hybridized carbons (Fsp3) is 0.133. The molecule has 0 heterocycles. The van der Waals surface area contributed by atoms with Crippen LogP contribution in [0.3, 0.4) is 0 Å². The average Bonchev–Trinajstić information content (AvgIpc) is 2.39. The Morgan fingerprint density at radius 2 is 1.84 bits per heavy atom. The van der Waals surface area contributed by atoms with E-state index in [1.807, 2.05) is 6.07 Å². The first kappa shape index (κ1) is 13.9. The van der Waals surface area contributed by atoms with E-state index in [1.54, 1.807) is 25.1 Å². The van der Waals surface area contributed by atoms with Crippen LogP contribution >= 0.6 is 15.9 Å². The van der Waals surface area contributed by atoms with Crippen molar-refractivity contribution in [2.75, 3.05) is 0 Å². The van der Waals surface area contributed by atoms with Crippen LogP contribution in [0.5, 0.6) is 0 Å². The van der Waals surface area contributed by atoms with Gasteiger partial charge in [-0.3, -0.25) is 4.79 Å². The molecule has 0 aliphatic carbocycles. The number of hydrogen-bond acceptors (Lipinski definition) is 1. The van der Waals surface area contributed by atoms with Gasteiger partial charge in [-0.2, -0.15) is 0 Å². The molecule has 0 radical (unpaired) electrons. The van der Waals surface area contributed by atoms with Gasteiger partial charge in [0.15, 0.2) is 5.78 Å². The van der Waals surface area contributed by atoms with E-state index >= 15 is 0 Å². The van der Waals surface area contributed by atoms with E-state index in [9.17, 15) is 13.6 Å². The van der Waals surface area contributed by atoms with Crippen molar-refractivity contribution in [1.82, 2.24) is 0 Å². The smallest absolute Gasteiger partial charge is 0.167 e. The second-order valence-electron chi connectivity index (χ2n) is 4.24. The van der Waals surface area contributed by atoms with Gasteiger partial charge >= 0.3 is 0 Å². The molecule has 2 aromatic rings. The first-order valence-electron chi connectivity index (χ1n) is 5.72. The summed E-state index contributed by atoms with van der Waals surface area (Å²) in [5.74, 6) is -1.72. The van der Waals surface area contributed by atoms with Gasteiger partial charge in [-0.1, -0.05) is 24.3 Å². The van der Waals surface area contributed by atoms with E-state index < -0.39 is 11.6 Å². The largest absolute Gasteiger partial charge is 0.294 e. The lowest BCUT2D eigenvalue weighted by Gasteiger charge is -2.07. The van der Waals surface area contributed by atoms with Crippen LogP contribution in [0.25, 0.3) is 0 Å². The van der Waals surface area contributed by atoms with Gasteiger partial charge in [-0.05, 0) is 40.5 Å². The van der Waals surface area contributed by atoms with Gasteiger partial charge in [0.1, 0.15) is 11.6 Å². The molecule has 19 heavy (non-hydrogen) atoms. The molecule has 2 rings (SSSR count). The topological polar surface area (TPSA) is 17.1 Å². The molecule has 98 valence electrons. The van der Waals surface area contributed by atoms with Crippen LogP contribution in [0.4, 0.5) is 8.78 Å². The Balaban J connectivity index is 2.35. The first-order valence-corrected chi connectivity index (χ1v) is 6.51. The summed E-state index contributed by atoms with van der Waals surface area (Å²) in [5.41, 5.74) is 1.08. The summed E-state index contributed by atoms with van der Waals surface area (Å²) >= 11 is 2.99. The van der Waals surface area contributed by atoms with Crippen molar-refractivity contribution in [1.29, 1.82) is 0 Å². The fourth-order valence-electron chi connectivity index (χ4n) is 1.87. The number of carbonyl (C=O) groups is 1. The average molecular weight is 325 g/mol. The number of Topliss-reactive ketones (excluding diaryl/α,β-unsaturated/α-hetero) is 1. The summed E-state index contributed by atoms with van der Waals surface area (Å²) < 4.78 is 27.5. The van der Waals surface area contributed by atoms with Crippen LogP contribution in [0.15, 0.2) is 40.9 Å². The molecule has 1 nitrogen and oxygen atoms in total. The minimum Gasteiger partial charge on any atom is -0.294 e. The predicted octanol–water partition coefficient (Wildman–Crippen LogP) is 4.46. The van der Waals surface area contributed by atoms with Crippen molar-refractivity contribution >= 4 is 21.7 Å². The number of rotatable bonds is 3. The second kappa shape index (κ2) is 5.61. The zero-order valence-electron chi connectivity index (χ0n) is 10.2.